The van der Waals surface area contributed by atoms with Crippen molar-refractivity contribution in [1.82, 2.24) is 0 Å². The summed E-state index contributed by atoms with van der Waals surface area (Å²) in [6, 6.07) is 9.55. The molecule has 0 spiro atoms. The van der Waals surface area contributed by atoms with Crippen LogP contribution in [0.3, 0.4) is 0 Å². The van der Waals surface area contributed by atoms with Crippen molar-refractivity contribution in [2.75, 3.05) is 5.32 Å². The van der Waals surface area contributed by atoms with Crippen LogP contribution in [0.1, 0.15) is 11.1 Å². The van der Waals surface area contributed by atoms with Gasteiger partial charge in [0.25, 0.3) is 0 Å². The molecule has 0 saturated heterocycles. The maximum Gasteiger partial charge on any atom is 0.416 e. The summed E-state index contributed by atoms with van der Waals surface area (Å²) in [6.07, 6.45) is -4.42. The Morgan fingerprint density at radius 3 is 2.40 bits per heavy atom. The van der Waals surface area contributed by atoms with Crippen LogP contribution in [0.4, 0.5) is 23.2 Å². The first-order valence-electron chi connectivity index (χ1n) is 5.72. The van der Waals surface area contributed by atoms with E-state index >= 15 is 0 Å². The van der Waals surface area contributed by atoms with Gasteiger partial charge in [0.1, 0.15) is 5.82 Å². The van der Waals surface area contributed by atoms with Crippen molar-refractivity contribution in [1.29, 1.82) is 0 Å². The molecule has 1 nitrogen and oxygen atoms in total. The summed E-state index contributed by atoms with van der Waals surface area (Å²) in [6.45, 7) is -0.103. The predicted molar refractivity (Wildman–Crippen MR) is 72.9 cm³/mol. The Hall–Kier alpha value is -1.56. The Bertz CT molecular complexity index is 610. The third-order valence-electron chi connectivity index (χ3n) is 2.72. The second-order valence-corrected chi connectivity index (χ2v) is 5.05. The van der Waals surface area contributed by atoms with Crippen molar-refractivity contribution < 1.29 is 17.6 Å². The molecule has 2 aromatic carbocycles. The van der Waals surface area contributed by atoms with E-state index in [1.165, 1.54) is 30.3 Å². The van der Waals surface area contributed by atoms with Crippen LogP contribution in [-0.4, -0.2) is 0 Å². The van der Waals surface area contributed by atoms with Crippen LogP contribution in [-0.2, 0) is 12.7 Å². The molecule has 6 heteroatoms. The maximum atomic E-state index is 13.6. The highest BCUT2D eigenvalue weighted by Gasteiger charge is 2.32. The van der Waals surface area contributed by atoms with Crippen LogP contribution in [0.5, 0.6) is 0 Å². The van der Waals surface area contributed by atoms with Crippen molar-refractivity contribution in [3.8, 4) is 0 Å². The van der Waals surface area contributed by atoms with Crippen molar-refractivity contribution >= 4 is 21.6 Å². The third kappa shape index (κ3) is 3.50. The number of anilines is 1. The Morgan fingerprint density at radius 1 is 1.05 bits per heavy atom. The molecule has 0 aliphatic carbocycles. The highest BCUT2D eigenvalue weighted by Crippen LogP contribution is 2.32. The Balaban J connectivity index is 2.19. The van der Waals surface area contributed by atoms with Crippen LogP contribution in [0.25, 0.3) is 0 Å². The second-order valence-electron chi connectivity index (χ2n) is 4.13. The van der Waals surface area contributed by atoms with E-state index in [4.69, 9.17) is 0 Å². The predicted octanol–water partition coefficient (Wildman–Crippen LogP) is 5.22. The molecule has 0 bridgehead atoms. The maximum absolute atomic E-state index is 13.6. The van der Waals surface area contributed by atoms with Gasteiger partial charge in [0.15, 0.2) is 0 Å². The van der Waals surface area contributed by atoms with Gasteiger partial charge in [-0.1, -0.05) is 34.1 Å². The molecule has 2 aromatic rings. The summed E-state index contributed by atoms with van der Waals surface area (Å²) < 4.78 is 52.5. The summed E-state index contributed by atoms with van der Waals surface area (Å²) >= 11 is 3.11. The lowest BCUT2D eigenvalue weighted by Gasteiger charge is -2.14. The average Bonchev–Trinajstić information content (AvgIpc) is 2.37. The van der Waals surface area contributed by atoms with Gasteiger partial charge in [-0.3, -0.25) is 0 Å². The van der Waals surface area contributed by atoms with Gasteiger partial charge in [0, 0.05) is 11.0 Å². The molecule has 0 amide bonds. The van der Waals surface area contributed by atoms with Crippen molar-refractivity contribution in [3.05, 3.63) is 63.9 Å². The highest BCUT2D eigenvalue weighted by molar-refractivity contribution is 9.10. The summed E-state index contributed by atoms with van der Waals surface area (Å²) in [5.74, 6) is -0.524. The molecule has 0 aliphatic heterocycles. The van der Waals surface area contributed by atoms with E-state index in [1.807, 2.05) is 0 Å². The van der Waals surface area contributed by atoms with Crippen molar-refractivity contribution in [2.24, 2.45) is 0 Å². The molecule has 0 saturated carbocycles. The molecule has 106 valence electrons. The summed E-state index contributed by atoms with van der Waals surface area (Å²) in [5.41, 5.74) is -0.488. The average molecular weight is 348 g/mol. The Morgan fingerprint density at radius 2 is 1.75 bits per heavy atom. The number of benzene rings is 2. The smallest absolute Gasteiger partial charge is 0.379 e. The Labute approximate surface area is 121 Å². The zero-order chi connectivity index (χ0) is 14.8. The van der Waals surface area contributed by atoms with E-state index in [1.54, 1.807) is 6.07 Å². The van der Waals surface area contributed by atoms with Gasteiger partial charge in [0.05, 0.1) is 11.3 Å². The van der Waals surface area contributed by atoms with Gasteiger partial charge < -0.3 is 5.32 Å². The second kappa shape index (κ2) is 5.83. The van der Waals surface area contributed by atoms with Gasteiger partial charge in [-0.15, -0.1) is 0 Å². The summed E-state index contributed by atoms with van der Waals surface area (Å²) in [7, 11) is 0. The van der Waals surface area contributed by atoms with Crippen LogP contribution in [0, 0.1) is 5.82 Å². The fourth-order valence-electron chi connectivity index (χ4n) is 1.77. The van der Waals surface area contributed by atoms with Crippen LogP contribution < -0.4 is 5.32 Å². The number of halogens is 5. The Kier molecular flexibility index (Phi) is 4.32. The molecule has 0 unspecified atom stereocenters. The van der Waals surface area contributed by atoms with Gasteiger partial charge in [-0.2, -0.15) is 13.2 Å². The third-order valence-corrected chi connectivity index (χ3v) is 3.22. The van der Waals surface area contributed by atoms with Crippen molar-refractivity contribution in [3.63, 3.8) is 0 Å². The molecule has 0 fully saturated rings. The zero-order valence-corrected chi connectivity index (χ0v) is 11.7. The standard InChI is InChI=1S/C14H10BrF4N/c15-10-5-6-13(12(16)7-10)20-8-9-3-1-2-4-11(9)14(17,18)19/h1-7,20H,8H2. The largest absolute Gasteiger partial charge is 0.416 e. The van der Waals surface area contributed by atoms with Gasteiger partial charge in [-0.05, 0) is 29.8 Å². The molecule has 1 N–H and O–H groups in total. The minimum Gasteiger partial charge on any atom is -0.379 e. The number of nitrogens with one attached hydrogen (secondary N) is 1. The molecule has 0 atom stereocenters. The SMILES string of the molecule is Fc1cc(Br)ccc1NCc1ccccc1C(F)(F)F. The molecule has 0 aromatic heterocycles. The van der Waals surface area contributed by atoms with Gasteiger partial charge >= 0.3 is 6.18 Å². The first kappa shape index (κ1) is 14.8. The molecule has 0 aliphatic rings. The van der Waals surface area contributed by atoms with Gasteiger partial charge in [0.2, 0.25) is 0 Å². The number of hydrogen-bond acceptors (Lipinski definition) is 1. The number of alkyl halides is 3. The first-order valence-corrected chi connectivity index (χ1v) is 6.51. The molecule has 2 rings (SSSR count). The highest BCUT2D eigenvalue weighted by atomic mass is 79.9. The van der Waals surface area contributed by atoms with Crippen LogP contribution >= 0.6 is 15.9 Å². The van der Waals surface area contributed by atoms with E-state index in [2.05, 4.69) is 21.2 Å². The normalized spacial score (nSPS) is 11.4. The lowest BCUT2D eigenvalue weighted by atomic mass is 10.1. The fraction of sp³-hybridized carbons (Fsp3) is 0.143. The van der Waals surface area contributed by atoms with E-state index in [0.717, 1.165) is 6.07 Å². The minimum atomic E-state index is -4.42. The molecular formula is C14H10BrF4N. The number of rotatable bonds is 3. The minimum absolute atomic E-state index is 0.0716. The lowest BCUT2D eigenvalue weighted by Crippen LogP contribution is -2.12. The fourth-order valence-corrected chi connectivity index (χ4v) is 2.11. The first-order chi connectivity index (χ1) is 9.38. The van der Waals surface area contributed by atoms with E-state index in [9.17, 15) is 17.6 Å². The molecular weight excluding hydrogens is 338 g/mol. The molecule has 20 heavy (non-hydrogen) atoms. The van der Waals surface area contributed by atoms with Gasteiger partial charge in [-0.25, -0.2) is 4.39 Å². The van der Waals surface area contributed by atoms with E-state index in [0.29, 0.717) is 4.47 Å². The zero-order valence-electron chi connectivity index (χ0n) is 10.1. The molecule has 0 radical (unpaired) electrons. The monoisotopic (exact) mass is 347 g/mol. The number of hydrogen-bond donors (Lipinski definition) is 1. The van der Waals surface area contributed by atoms with Crippen molar-refractivity contribution in [2.45, 2.75) is 12.7 Å². The quantitative estimate of drug-likeness (QED) is 0.750. The summed E-state index contributed by atoms with van der Waals surface area (Å²) in [4.78, 5) is 0. The van der Waals surface area contributed by atoms with E-state index < -0.39 is 17.6 Å². The molecule has 0 heterocycles. The lowest BCUT2D eigenvalue weighted by molar-refractivity contribution is -0.138. The van der Waals surface area contributed by atoms with Crippen LogP contribution in [0.2, 0.25) is 0 Å². The topological polar surface area (TPSA) is 12.0 Å². The summed E-state index contributed by atoms with van der Waals surface area (Å²) in [5, 5.41) is 2.67. The van der Waals surface area contributed by atoms with Crippen LogP contribution in [0.15, 0.2) is 46.9 Å². The van der Waals surface area contributed by atoms with E-state index in [-0.39, 0.29) is 17.8 Å².